The Morgan fingerprint density at radius 2 is 2.26 bits per heavy atom. The molecule has 0 aliphatic carbocycles. The molecule has 0 aliphatic heterocycles. The van der Waals surface area contributed by atoms with Gasteiger partial charge in [-0.2, -0.15) is 11.8 Å². The SMILES string of the molecule is CCSCCC(C)n1cc(OC)c(=O)cc1C(=O)O. The molecule has 1 unspecified atom stereocenters. The first-order valence-corrected chi connectivity index (χ1v) is 7.28. The van der Waals surface area contributed by atoms with Crippen molar-refractivity contribution in [2.24, 2.45) is 0 Å². The number of aromatic carboxylic acids is 1. The summed E-state index contributed by atoms with van der Waals surface area (Å²) in [6, 6.07) is 1.12. The van der Waals surface area contributed by atoms with E-state index < -0.39 is 11.4 Å². The molecule has 5 nitrogen and oxygen atoms in total. The van der Waals surface area contributed by atoms with Crippen LogP contribution < -0.4 is 10.2 Å². The number of carboxylic acid groups (broad SMARTS) is 1. The summed E-state index contributed by atoms with van der Waals surface area (Å²) >= 11 is 1.80. The quantitative estimate of drug-likeness (QED) is 0.778. The van der Waals surface area contributed by atoms with Crippen molar-refractivity contribution in [1.82, 2.24) is 4.57 Å². The number of nitrogens with zero attached hydrogens (tertiary/aromatic N) is 1. The van der Waals surface area contributed by atoms with E-state index >= 15 is 0 Å². The van der Waals surface area contributed by atoms with Crippen molar-refractivity contribution in [2.45, 2.75) is 26.3 Å². The Hall–Kier alpha value is -1.43. The minimum Gasteiger partial charge on any atom is -0.491 e. The van der Waals surface area contributed by atoms with Crippen LogP contribution in [0.4, 0.5) is 0 Å². The molecular formula is C13H19NO4S. The summed E-state index contributed by atoms with van der Waals surface area (Å²) < 4.78 is 6.56. The van der Waals surface area contributed by atoms with Crippen LogP contribution in [0.1, 0.15) is 36.8 Å². The number of ether oxygens (including phenoxy) is 1. The van der Waals surface area contributed by atoms with Crippen molar-refractivity contribution < 1.29 is 14.6 Å². The molecule has 0 saturated heterocycles. The van der Waals surface area contributed by atoms with Crippen LogP contribution in [0.3, 0.4) is 0 Å². The van der Waals surface area contributed by atoms with Crippen molar-refractivity contribution in [1.29, 1.82) is 0 Å². The highest BCUT2D eigenvalue weighted by Crippen LogP contribution is 2.19. The van der Waals surface area contributed by atoms with Gasteiger partial charge in [-0.3, -0.25) is 4.79 Å². The Morgan fingerprint density at radius 1 is 1.58 bits per heavy atom. The highest BCUT2D eigenvalue weighted by Gasteiger charge is 2.16. The monoisotopic (exact) mass is 285 g/mol. The van der Waals surface area contributed by atoms with Crippen LogP contribution in [0.25, 0.3) is 0 Å². The van der Waals surface area contributed by atoms with Crippen molar-refractivity contribution >= 4 is 17.7 Å². The average molecular weight is 285 g/mol. The van der Waals surface area contributed by atoms with E-state index in [0.29, 0.717) is 0 Å². The summed E-state index contributed by atoms with van der Waals surface area (Å²) in [6.45, 7) is 4.02. The van der Waals surface area contributed by atoms with E-state index in [-0.39, 0.29) is 17.5 Å². The normalized spacial score (nSPS) is 12.2. The lowest BCUT2D eigenvalue weighted by molar-refractivity contribution is 0.0681. The molecule has 1 heterocycles. The maximum Gasteiger partial charge on any atom is 0.352 e. The van der Waals surface area contributed by atoms with E-state index in [9.17, 15) is 9.59 Å². The molecule has 0 aromatic carbocycles. The number of carbonyl (C=O) groups is 1. The number of carboxylic acids is 1. The molecule has 0 amide bonds. The fourth-order valence-electron chi connectivity index (χ4n) is 1.76. The first-order chi connectivity index (χ1) is 9.01. The minimum absolute atomic E-state index is 0.000187. The van der Waals surface area contributed by atoms with E-state index in [1.165, 1.54) is 13.3 Å². The van der Waals surface area contributed by atoms with Crippen molar-refractivity contribution in [3.8, 4) is 5.75 Å². The van der Waals surface area contributed by atoms with Gasteiger partial charge in [0, 0.05) is 12.1 Å². The van der Waals surface area contributed by atoms with Crippen molar-refractivity contribution in [3.63, 3.8) is 0 Å². The Balaban J connectivity index is 3.08. The predicted octanol–water partition coefficient (Wildman–Crippen LogP) is 2.26. The second kappa shape index (κ2) is 7.23. The second-order valence-electron chi connectivity index (χ2n) is 4.14. The zero-order valence-corrected chi connectivity index (χ0v) is 12.2. The Kier molecular flexibility index (Phi) is 5.95. The number of hydrogen-bond acceptors (Lipinski definition) is 4. The lowest BCUT2D eigenvalue weighted by atomic mass is 10.2. The molecule has 1 aromatic heterocycles. The zero-order valence-electron chi connectivity index (χ0n) is 11.4. The molecule has 19 heavy (non-hydrogen) atoms. The molecule has 1 atom stereocenters. The number of thioether (sulfide) groups is 1. The van der Waals surface area contributed by atoms with Crippen LogP contribution in [-0.4, -0.2) is 34.3 Å². The first kappa shape index (κ1) is 15.6. The predicted molar refractivity (Wildman–Crippen MR) is 76.5 cm³/mol. The highest BCUT2D eigenvalue weighted by atomic mass is 32.2. The summed E-state index contributed by atoms with van der Waals surface area (Å²) in [5.41, 5.74) is -0.411. The van der Waals surface area contributed by atoms with Gasteiger partial charge in [0.15, 0.2) is 5.75 Å². The molecule has 0 bridgehead atoms. The first-order valence-electron chi connectivity index (χ1n) is 6.12. The molecule has 0 saturated carbocycles. The van der Waals surface area contributed by atoms with Crippen LogP contribution >= 0.6 is 11.8 Å². The third-order valence-electron chi connectivity index (χ3n) is 2.84. The van der Waals surface area contributed by atoms with E-state index in [1.54, 1.807) is 16.3 Å². The number of rotatable bonds is 7. The molecule has 0 spiro atoms. The van der Waals surface area contributed by atoms with Gasteiger partial charge in [0.1, 0.15) is 5.69 Å². The number of aromatic nitrogens is 1. The van der Waals surface area contributed by atoms with Gasteiger partial charge in [0.25, 0.3) is 0 Å². The maximum atomic E-state index is 11.6. The summed E-state index contributed by atoms with van der Waals surface area (Å²) in [7, 11) is 1.40. The number of pyridine rings is 1. The van der Waals surface area contributed by atoms with E-state index in [1.807, 2.05) is 6.92 Å². The molecule has 1 rings (SSSR count). The fraction of sp³-hybridized carbons (Fsp3) is 0.538. The lowest BCUT2D eigenvalue weighted by Crippen LogP contribution is -2.20. The van der Waals surface area contributed by atoms with Gasteiger partial charge in [-0.05, 0) is 24.9 Å². The van der Waals surface area contributed by atoms with Gasteiger partial charge in [-0.15, -0.1) is 0 Å². The van der Waals surface area contributed by atoms with Gasteiger partial charge >= 0.3 is 5.97 Å². The molecule has 0 radical (unpaired) electrons. The number of methoxy groups -OCH3 is 1. The van der Waals surface area contributed by atoms with Crippen LogP contribution in [0.15, 0.2) is 17.1 Å². The van der Waals surface area contributed by atoms with E-state index in [0.717, 1.165) is 24.0 Å². The van der Waals surface area contributed by atoms with Crippen LogP contribution in [-0.2, 0) is 0 Å². The second-order valence-corrected chi connectivity index (χ2v) is 5.53. The zero-order chi connectivity index (χ0) is 14.4. The third kappa shape index (κ3) is 4.02. The van der Waals surface area contributed by atoms with Gasteiger partial charge in [-0.25, -0.2) is 4.79 Å². The van der Waals surface area contributed by atoms with Crippen LogP contribution in [0.5, 0.6) is 5.75 Å². The number of hydrogen-bond donors (Lipinski definition) is 1. The van der Waals surface area contributed by atoms with E-state index in [2.05, 4.69) is 6.92 Å². The summed E-state index contributed by atoms with van der Waals surface area (Å²) in [5.74, 6) is 1.05. The molecular weight excluding hydrogens is 266 g/mol. The van der Waals surface area contributed by atoms with Gasteiger partial charge in [0.2, 0.25) is 5.43 Å². The summed E-state index contributed by atoms with van der Waals surface area (Å²) in [5, 5.41) is 9.17. The molecule has 1 aromatic rings. The van der Waals surface area contributed by atoms with Gasteiger partial charge in [-0.1, -0.05) is 6.92 Å². The Bertz CT molecular complexity index is 498. The molecule has 0 aliphatic rings. The van der Waals surface area contributed by atoms with Gasteiger partial charge in [0.05, 0.1) is 13.3 Å². The molecule has 6 heteroatoms. The maximum absolute atomic E-state index is 11.6. The van der Waals surface area contributed by atoms with Gasteiger partial charge < -0.3 is 14.4 Å². The summed E-state index contributed by atoms with van der Waals surface area (Å²) in [6.07, 6.45) is 2.32. The Labute approximate surface area is 116 Å². The standard InChI is InChI=1S/C13H19NO4S/c1-4-19-6-5-9(2)14-8-12(18-3)11(15)7-10(14)13(16)17/h7-9H,4-6H2,1-3H3,(H,16,17). The third-order valence-corrected chi connectivity index (χ3v) is 3.78. The molecule has 106 valence electrons. The van der Waals surface area contributed by atoms with Crippen LogP contribution in [0, 0.1) is 0 Å². The van der Waals surface area contributed by atoms with E-state index in [4.69, 9.17) is 9.84 Å². The lowest BCUT2D eigenvalue weighted by Gasteiger charge is -2.19. The average Bonchev–Trinajstić information content (AvgIpc) is 2.38. The van der Waals surface area contributed by atoms with Crippen LogP contribution in [0.2, 0.25) is 0 Å². The topological polar surface area (TPSA) is 68.5 Å². The molecule has 1 N–H and O–H groups in total. The van der Waals surface area contributed by atoms with Crippen molar-refractivity contribution in [3.05, 3.63) is 28.2 Å². The Morgan fingerprint density at radius 3 is 2.79 bits per heavy atom. The summed E-state index contributed by atoms with van der Waals surface area (Å²) in [4.78, 5) is 22.8. The van der Waals surface area contributed by atoms with Crippen molar-refractivity contribution in [2.75, 3.05) is 18.6 Å². The fourth-order valence-corrected chi connectivity index (χ4v) is 2.55. The largest absolute Gasteiger partial charge is 0.491 e. The highest BCUT2D eigenvalue weighted by molar-refractivity contribution is 7.99. The minimum atomic E-state index is -1.10. The smallest absolute Gasteiger partial charge is 0.352 e. The molecule has 0 fully saturated rings.